The number of rotatable bonds is 3. The van der Waals surface area contributed by atoms with Crippen LogP contribution in [0.15, 0.2) is 0 Å². The summed E-state index contributed by atoms with van der Waals surface area (Å²) >= 11 is 0. The van der Waals surface area contributed by atoms with Crippen molar-refractivity contribution < 1.29 is 13.6 Å². The summed E-state index contributed by atoms with van der Waals surface area (Å²) in [6.45, 7) is 0.332. The number of carbonyl (C=O) groups excluding carboxylic acids is 1. The summed E-state index contributed by atoms with van der Waals surface area (Å²) < 4.78 is 24.2. The fraction of sp³-hybridized carbons (Fsp3) is 0.833. The van der Waals surface area contributed by atoms with E-state index in [0.717, 1.165) is 0 Å². The number of nitrogens with one attached hydrogen (secondary N) is 1. The lowest BCUT2D eigenvalue weighted by atomic mass is 9.81. The Balaban J connectivity index is 2.08. The third kappa shape index (κ3) is 1.65. The average molecular weight is 148 g/mol. The molecule has 0 heterocycles. The molecule has 1 amide bonds. The molecule has 1 aliphatic rings. The van der Waals surface area contributed by atoms with Gasteiger partial charge in [0.25, 0.3) is 0 Å². The number of alkyl halides is 2. The van der Waals surface area contributed by atoms with Crippen molar-refractivity contribution >= 4 is 6.41 Å². The minimum Gasteiger partial charge on any atom is -0.348 e. The lowest BCUT2D eigenvalue weighted by Crippen LogP contribution is -2.40. The van der Waals surface area contributed by atoms with E-state index in [0.29, 0.717) is 6.54 Å². The molecule has 2 nitrogen and oxygen atoms in total. The molecule has 0 atom stereocenters. The van der Waals surface area contributed by atoms with Crippen molar-refractivity contribution in [3.63, 3.8) is 0 Å². The third-order valence-electron chi connectivity index (χ3n) is 1.64. The van der Waals surface area contributed by atoms with Crippen LogP contribution in [0.1, 0.15) is 12.8 Å². The quantitative estimate of drug-likeness (QED) is 0.586. The zero-order valence-electron chi connectivity index (χ0n) is 5.36. The average Bonchev–Trinajstić information content (AvgIpc) is 1.78. The van der Waals surface area contributed by atoms with Gasteiger partial charge in [0.05, 0.1) is 0 Å². The van der Waals surface area contributed by atoms with Gasteiger partial charge in [0.2, 0.25) is 5.92 Å². The van der Waals surface area contributed by atoms with Gasteiger partial charge in [-0.15, -0.1) is 0 Å². The first-order valence-electron chi connectivity index (χ1n) is 3.12. The van der Waals surface area contributed by atoms with Crippen molar-refractivity contribution in [2.45, 2.75) is 18.8 Å². The molecule has 0 aromatic heterocycles. The van der Waals surface area contributed by atoms with E-state index >= 15 is 0 Å². The first kappa shape index (κ1) is 7.44. The zero-order chi connectivity index (χ0) is 7.61. The fourth-order valence-electron chi connectivity index (χ4n) is 1.12. The highest BCUT2D eigenvalue weighted by Crippen LogP contribution is 2.41. The Labute approximate surface area is 57.6 Å². The Bertz CT molecular complexity index is 130. The second-order valence-corrected chi connectivity index (χ2v) is 2.61. The van der Waals surface area contributed by atoms with Gasteiger partial charge in [0.15, 0.2) is 0 Å². The molecule has 0 saturated heterocycles. The highest BCUT2D eigenvalue weighted by Gasteiger charge is 2.44. The summed E-state index contributed by atoms with van der Waals surface area (Å²) in [5.41, 5.74) is 0. The van der Waals surface area contributed by atoms with Crippen molar-refractivity contribution in [1.29, 1.82) is 0 Å². The van der Waals surface area contributed by atoms with Gasteiger partial charge < -0.3 is 5.32 Å². The van der Waals surface area contributed by atoms with Gasteiger partial charge in [-0.2, -0.15) is 0 Å². The highest BCUT2D eigenvalue weighted by molar-refractivity contribution is 5.46. The lowest BCUT2D eigenvalue weighted by molar-refractivity contribution is -0.108. The van der Waals surface area contributed by atoms with Crippen LogP contribution in [0.4, 0.5) is 8.78 Å². The zero-order valence-corrected chi connectivity index (χ0v) is 5.36. The van der Waals surface area contributed by atoms with Crippen LogP contribution in [0.25, 0.3) is 0 Å². The molecule has 0 bridgehead atoms. The van der Waals surface area contributed by atoms with Gasteiger partial charge in [0, 0.05) is 19.4 Å². The molecule has 10 heavy (non-hydrogen) atoms. The predicted octanol–water partition coefficient (Wildman–Crippen LogP) is 0.688. The molecule has 1 aliphatic carbocycles. The normalized spacial score (nSPS) is 23.4. The predicted molar refractivity (Wildman–Crippen MR) is 31.4 cm³/mol. The van der Waals surface area contributed by atoms with E-state index in [4.69, 9.17) is 0 Å². The minimum absolute atomic E-state index is 0.0450. The summed E-state index contributed by atoms with van der Waals surface area (Å²) in [7, 11) is 0. The van der Waals surface area contributed by atoms with E-state index in [-0.39, 0.29) is 18.8 Å². The number of hydrogen-bond acceptors (Lipinski definition) is 1. The van der Waals surface area contributed by atoms with Gasteiger partial charge in [-0.3, -0.25) is 4.79 Å². The first-order valence-corrected chi connectivity index (χ1v) is 3.12. The van der Waals surface area contributed by atoms with E-state index in [1.807, 2.05) is 0 Å². The van der Waals surface area contributed by atoms with Gasteiger partial charge in [0.1, 0.15) is 0 Å². The van der Waals surface area contributed by atoms with Crippen LogP contribution in [0.5, 0.6) is 0 Å². The molecule has 0 aliphatic heterocycles. The maximum Gasteiger partial charge on any atom is 0.309 e. The first-order chi connectivity index (χ1) is 4.64. The van der Waals surface area contributed by atoms with E-state index < -0.39 is 5.92 Å². The van der Waals surface area contributed by atoms with Crippen LogP contribution in [0.3, 0.4) is 0 Å². The molecule has 0 unspecified atom stereocenters. The lowest BCUT2D eigenvalue weighted by Gasteiger charge is -2.34. The van der Waals surface area contributed by atoms with Crippen LogP contribution in [0, 0.1) is 5.92 Å². The summed E-state index contributed by atoms with van der Waals surface area (Å²) in [5, 5.41) is 2.25. The molecule has 0 aromatic carbocycles. The molecule has 1 fully saturated rings. The number of amides is 1. The van der Waals surface area contributed by atoms with Crippen LogP contribution in [-0.4, -0.2) is 18.9 Å². The maximum absolute atomic E-state index is 12.1. The van der Waals surface area contributed by atoms with Crippen LogP contribution < -0.4 is 5.32 Å². The Hall–Kier alpha value is -0.670. The maximum atomic E-state index is 12.1. The smallest absolute Gasteiger partial charge is 0.309 e. The Morgan fingerprint density at radius 3 is 2.60 bits per heavy atom. The minimum atomic E-state index is -2.48. The van der Waals surface area contributed by atoms with E-state index in [2.05, 4.69) is 5.32 Å². The van der Waals surface area contributed by atoms with Crippen molar-refractivity contribution in [1.82, 2.24) is 5.32 Å². The Morgan fingerprint density at radius 1 is 1.60 bits per heavy atom. The van der Waals surface area contributed by atoms with Crippen molar-refractivity contribution in [3.8, 4) is 0 Å². The summed E-state index contributed by atoms with van der Waals surface area (Å²) in [6.07, 6.45) is 1.26. The summed E-state index contributed by atoms with van der Waals surface area (Å²) in [6, 6.07) is 0. The monoisotopic (exact) mass is 148 g/mol. The van der Waals surface area contributed by atoms with Crippen LogP contribution >= 0.6 is 0 Å². The van der Waals surface area contributed by atoms with Crippen molar-refractivity contribution in [2.75, 3.05) is 6.54 Å². The molecule has 1 rings (SSSR count). The molecule has 1 saturated carbocycles. The molecular formula is C6H8F2NO. The summed E-state index contributed by atoms with van der Waals surface area (Å²) in [4.78, 5) is 9.59. The Morgan fingerprint density at radius 2 is 2.20 bits per heavy atom. The molecule has 1 N–H and O–H groups in total. The topological polar surface area (TPSA) is 29.1 Å². The van der Waals surface area contributed by atoms with Crippen LogP contribution in [-0.2, 0) is 4.79 Å². The molecular weight excluding hydrogens is 140 g/mol. The largest absolute Gasteiger partial charge is 0.348 e. The standard InChI is InChI=1S/C6H8F2NO/c7-6(8)1-5(2-6)3-9-4-10/h5H,1-3H2,(H,9,10). The number of halogens is 2. The van der Waals surface area contributed by atoms with E-state index in [1.165, 1.54) is 6.41 Å². The number of hydrogen-bond donors (Lipinski definition) is 1. The van der Waals surface area contributed by atoms with Crippen molar-refractivity contribution in [2.24, 2.45) is 5.92 Å². The molecule has 57 valence electrons. The van der Waals surface area contributed by atoms with Crippen LogP contribution in [0.2, 0.25) is 0 Å². The molecule has 0 aromatic rings. The van der Waals surface area contributed by atoms with E-state index in [1.54, 1.807) is 0 Å². The second kappa shape index (κ2) is 2.52. The van der Waals surface area contributed by atoms with Gasteiger partial charge in [-0.25, -0.2) is 8.78 Å². The molecule has 4 heteroatoms. The van der Waals surface area contributed by atoms with Crippen molar-refractivity contribution in [3.05, 3.63) is 0 Å². The second-order valence-electron chi connectivity index (χ2n) is 2.61. The SMILES string of the molecule is O=[C]NCC1CC(F)(F)C1. The van der Waals surface area contributed by atoms with Gasteiger partial charge in [-0.05, 0) is 5.92 Å². The Kier molecular flexibility index (Phi) is 1.87. The highest BCUT2D eigenvalue weighted by atomic mass is 19.3. The summed E-state index contributed by atoms with van der Waals surface area (Å²) in [5.74, 6) is -2.52. The fourth-order valence-corrected chi connectivity index (χ4v) is 1.12. The molecule has 0 spiro atoms. The third-order valence-corrected chi connectivity index (χ3v) is 1.64. The van der Waals surface area contributed by atoms with E-state index in [9.17, 15) is 13.6 Å². The molecule has 1 radical (unpaired) electrons. The van der Waals surface area contributed by atoms with Gasteiger partial charge >= 0.3 is 6.41 Å². The van der Waals surface area contributed by atoms with Gasteiger partial charge in [-0.1, -0.05) is 0 Å².